The molecule has 32 heavy (non-hydrogen) atoms. The summed E-state index contributed by atoms with van der Waals surface area (Å²) in [7, 11) is 0. The van der Waals surface area contributed by atoms with Crippen molar-refractivity contribution in [2.45, 2.75) is 46.3 Å². The maximum Gasteiger partial charge on any atom is 0.242 e. The van der Waals surface area contributed by atoms with E-state index in [2.05, 4.69) is 6.07 Å². The van der Waals surface area contributed by atoms with Gasteiger partial charge < -0.3 is 9.80 Å². The smallest absolute Gasteiger partial charge is 0.242 e. The van der Waals surface area contributed by atoms with E-state index < -0.39 is 0 Å². The summed E-state index contributed by atoms with van der Waals surface area (Å²) in [4.78, 5) is 30.9. The lowest BCUT2D eigenvalue weighted by Gasteiger charge is -2.30. The van der Waals surface area contributed by atoms with Gasteiger partial charge in [-0.05, 0) is 61.0 Å². The summed E-state index contributed by atoms with van der Waals surface area (Å²) < 4.78 is 13.2. The summed E-state index contributed by atoms with van der Waals surface area (Å²) in [5.41, 5.74) is 2.93. The van der Waals surface area contributed by atoms with Gasteiger partial charge in [-0.25, -0.2) is 4.39 Å². The number of halogens is 1. The first-order valence-corrected chi connectivity index (χ1v) is 11.6. The second-order valence-electron chi connectivity index (χ2n) is 8.18. The molecule has 0 aliphatic carbocycles. The van der Waals surface area contributed by atoms with Crippen molar-refractivity contribution in [3.63, 3.8) is 0 Å². The zero-order chi connectivity index (χ0) is 23.1. The predicted octanol–water partition coefficient (Wildman–Crippen LogP) is 5.20. The summed E-state index contributed by atoms with van der Waals surface area (Å²) in [5.74, 6) is -0.577. The Morgan fingerprint density at radius 3 is 2.19 bits per heavy atom. The topological polar surface area (TPSA) is 40.6 Å². The second-order valence-corrected chi connectivity index (χ2v) is 9.18. The molecular weight excluding hydrogens is 423 g/mol. The highest BCUT2D eigenvalue weighted by Crippen LogP contribution is 2.20. The van der Waals surface area contributed by atoms with E-state index in [1.807, 2.05) is 61.4 Å². The zero-order valence-electron chi connectivity index (χ0n) is 18.8. The van der Waals surface area contributed by atoms with Crippen LogP contribution in [0, 0.1) is 12.7 Å². The lowest BCUT2D eigenvalue weighted by atomic mass is 10.1. The number of hydrogen-bond acceptors (Lipinski definition) is 3. The molecule has 6 heteroatoms. The van der Waals surface area contributed by atoms with E-state index in [1.165, 1.54) is 12.1 Å². The van der Waals surface area contributed by atoms with Crippen molar-refractivity contribution in [1.82, 2.24) is 9.80 Å². The number of rotatable bonds is 9. The number of nitrogens with zero attached hydrogens (tertiary/aromatic N) is 2. The van der Waals surface area contributed by atoms with Crippen LogP contribution in [0.15, 0.2) is 66.0 Å². The Bertz CT molecular complexity index is 1030. The van der Waals surface area contributed by atoms with Gasteiger partial charge in [0.1, 0.15) is 12.4 Å². The van der Waals surface area contributed by atoms with Gasteiger partial charge in [0.15, 0.2) is 0 Å². The largest absolute Gasteiger partial charge is 0.332 e. The molecule has 0 spiro atoms. The van der Waals surface area contributed by atoms with Crippen molar-refractivity contribution in [2.24, 2.45) is 0 Å². The summed E-state index contributed by atoms with van der Waals surface area (Å²) in [6.07, 6.45) is 0.133. The molecule has 0 fully saturated rings. The molecule has 4 nitrogen and oxygen atoms in total. The van der Waals surface area contributed by atoms with Gasteiger partial charge in [-0.2, -0.15) is 0 Å². The van der Waals surface area contributed by atoms with Gasteiger partial charge in [-0.15, -0.1) is 11.3 Å². The van der Waals surface area contributed by atoms with E-state index in [1.54, 1.807) is 28.4 Å². The fraction of sp³-hybridized carbons (Fsp3) is 0.308. The number of thiophene rings is 1. The van der Waals surface area contributed by atoms with Crippen LogP contribution in [-0.4, -0.2) is 34.2 Å². The van der Waals surface area contributed by atoms with E-state index in [4.69, 9.17) is 0 Å². The molecule has 0 saturated heterocycles. The standard InChI is InChI=1S/C26H29FN2O2S/c1-19(2)29(25(30)15-21-9-11-23(27)12-10-21)18-26(31)28(16-22-7-5-4-6-8-22)17-24-20(3)13-14-32-24/h4-14,19H,15-18H2,1-3H3. The van der Waals surface area contributed by atoms with Crippen molar-refractivity contribution in [3.05, 3.63) is 93.4 Å². The Morgan fingerprint density at radius 2 is 1.59 bits per heavy atom. The SMILES string of the molecule is Cc1ccsc1CN(Cc1ccccc1)C(=O)CN(C(=O)Cc1ccc(F)cc1)C(C)C. The third-order valence-electron chi connectivity index (χ3n) is 5.39. The van der Waals surface area contributed by atoms with Gasteiger partial charge in [-0.1, -0.05) is 42.5 Å². The number of amides is 2. The molecule has 2 aromatic carbocycles. The van der Waals surface area contributed by atoms with Crippen LogP contribution in [-0.2, 0) is 29.1 Å². The van der Waals surface area contributed by atoms with Crippen LogP contribution < -0.4 is 0 Å². The molecule has 168 valence electrons. The van der Waals surface area contributed by atoms with E-state index in [9.17, 15) is 14.0 Å². The predicted molar refractivity (Wildman–Crippen MR) is 127 cm³/mol. The Balaban J connectivity index is 1.75. The molecule has 1 heterocycles. The quantitative estimate of drug-likeness (QED) is 0.448. The Kier molecular flexibility index (Phi) is 8.17. The molecular formula is C26H29FN2O2S. The van der Waals surface area contributed by atoms with Crippen LogP contribution in [0.4, 0.5) is 4.39 Å². The number of carbonyl (C=O) groups excluding carboxylic acids is 2. The summed E-state index contributed by atoms with van der Waals surface area (Å²) in [5, 5.41) is 2.03. The Labute approximate surface area is 193 Å². The van der Waals surface area contributed by atoms with Gasteiger partial charge in [-0.3, -0.25) is 9.59 Å². The first-order chi connectivity index (χ1) is 15.3. The normalized spacial score (nSPS) is 10.9. The van der Waals surface area contributed by atoms with Crippen LogP contribution in [0.5, 0.6) is 0 Å². The zero-order valence-corrected chi connectivity index (χ0v) is 19.6. The van der Waals surface area contributed by atoms with Gasteiger partial charge in [0.25, 0.3) is 0 Å². The lowest BCUT2D eigenvalue weighted by molar-refractivity contribution is -0.142. The molecule has 0 radical (unpaired) electrons. The molecule has 0 unspecified atom stereocenters. The van der Waals surface area contributed by atoms with Gasteiger partial charge in [0.2, 0.25) is 11.8 Å². The Morgan fingerprint density at radius 1 is 0.906 bits per heavy atom. The molecule has 0 atom stereocenters. The fourth-order valence-electron chi connectivity index (χ4n) is 3.46. The maximum absolute atomic E-state index is 13.4. The van der Waals surface area contributed by atoms with Crippen molar-refractivity contribution < 1.29 is 14.0 Å². The van der Waals surface area contributed by atoms with Crippen LogP contribution in [0.2, 0.25) is 0 Å². The fourth-order valence-corrected chi connectivity index (χ4v) is 4.38. The molecule has 2 amide bonds. The van der Waals surface area contributed by atoms with Crippen LogP contribution >= 0.6 is 11.3 Å². The molecule has 0 bridgehead atoms. The number of benzene rings is 2. The minimum absolute atomic E-state index is 0.00888. The highest BCUT2D eigenvalue weighted by molar-refractivity contribution is 7.10. The van der Waals surface area contributed by atoms with E-state index in [0.29, 0.717) is 13.1 Å². The molecule has 3 rings (SSSR count). The van der Waals surface area contributed by atoms with Gasteiger partial charge in [0, 0.05) is 17.5 Å². The Hall–Kier alpha value is -2.99. The van der Waals surface area contributed by atoms with Gasteiger partial charge in [0.05, 0.1) is 13.0 Å². The summed E-state index contributed by atoms with van der Waals surface area (Å²) >= 11 is 1.64. The van der Waals surface area contributed by atoms with Crippen LogP contribution in [0.3, 0.4) is 0 Å². The lowest BCUT2D eigenvalue weighted by Crippen LogP contribution is -2.46. The molecule has 0 aliphatic heterocycles. The van der Waals surface area contributed by atoms with Crippen LogP contribution in [0.1, 0.15) is 35.4 Å². The molecule has 0 N–H and O–H groups in total. The monoisotopic (exact) mass is 452 g/mol. The van der Waals surface area contributed by atoms with Crippen molar-refractivity contribution in [3.8, 4) is 0 Å². The number of hydrogen-bond donors (Lipinski definition) is 0. The maximum atomic E-state index is 13.4. The molecule has 1 aromatic heterocycles. The third kappa shape index (κ3) is 6.50. The number of aryl methyl sites for hydroxylation is 1. The summed E-state index contributed by atoms with van der Waals surface area (Å²) in [6, 6.07) is 17.7. The summed E-state index contributed by atoms with van der Waals surface area (Å²) in [6.45, 7) is 6.85. The van der Waals surface area contributed by atoms with Crippen LogP contribution in [0.25, 0.3) is 0 Å². The average Bonchev–Trinajstić information content (AvgIpc) is 3.17. The van der Waals surface area contributed by atoms with Crippen molar-refractivity contribution in [1.29, 1.82) is 0 Å². The minimum atomic E-state index is -0.336. The van der Waals surface area contributed by atoms with E-state index in [0.717, 1.165) is 21.6 Å². The first-order valence-electron chi connectivity index (χ1n) is 10.7. The average molecular weight is 453 g/mol. The molecule has 3 aromatic rings. The van der Waals surface area contributed by atoms with Crippen molar-refractivity contribution in [2.75, 3.05) is 6.54 Å². The number of carbonyl (C=O) groups is 2. The van der Waals surface area contributed by atoms with Crippen molar-refractivity contribution >= 4 is 23.2 Å². The van der Waals surface area contributed by atoms with Gasteiger partial charge >= 0.3 is 0 Å². The third-order valence-corrected chi connectivity index (χ3v) is 6.40. The van der Waals surface area contributed by atoms with E-state index in [-0.39, 0.29) is 36.6 Å². The minimum Gasteiger partial charge on any atom is -0.332 e. The highest BCUT2D eigenvalue weighted by atomic mass is 32.1. The van der Waals surface area contributed by atoms with E-state index >= 15 is 0 Å². The first kappa shape index (κ1) is 23.7. The second kappa shape index (κ2) is 11.0. The molecule has 0 aliphatic rings. The highest BCUT2D eigenvalue weighted by Gasteiger charge is 2.24. The molecule has 0 saturated carbocycles.